The Balaban J connectivity index is 2.36. The number of carbonyl (C=O) groups is 1. The second-order valence-electron chi connectivity index (χ2n) is 5.39. The number of pyridine rings is 1. The number of hydrogen-bond donors (Lipinski definition) is 2. The number of likely N-dealkylation sites (N-methyl/N-ethyl adjacent to an activating group) is 1. The molecule has 2 N–H and O–H groups in total. The first-order chi connectivity index (χ1) is 9.52. The molecule has 1 atom stereocenters. The molecule has 5 heteroatoms. The molecule has 1 unspecified atom stereocenters. The Hall–Kier alpha value is -1.46. The SMILES string of the molecule is CC(C)N(C)CC(=O)NCC(CO)Cc1ccccn1. The molecule has 1 aromatic heterocycles. The first kappa shape index (κ1) is 16.6. The van der Waals surface area contributed by atoms with E-state index in [1.54, 1.807) is 6.20 Å². The summed E-state index contributed by atoms with van der Waals surface area (Å²) >= 11 is 0. The van der Waals surface area contributed by atoms with Gasteiger partial charge in [-0.2, -0.15) is 0 Å². The molecule has 0 aliphatic heterocycles. The molecule has 1 rings (SSSR count). The van der Waals surface area contributed by atoms with Gasteiger partial charge in [0.25, 0.3) is 0 Å². The Bertz CT molecular complexity index is 395. The van der Waals surface area contributed by atoms with Crippen LogP contribution in [0.2, 0.25) is 0 Å². The van der Waals surface area contributed by atoms with Gasteiger partial charge in [-0.25, -0.2) is 0 Å². The molecule has 0 saturated carbocycles. The standard InChI is InChI=1S/C15H25N3O2/c1-12(2)18(3)10-15(20)17-9-13(11-19)8-14-6-4-5-7-16-14/h4-7,12-13,19H,8-11H2,1-3H3,(H,17,20). The fourth-order valence-corrected chi connectivity index (χ4v) is 1.74. The third-order valence-corrected chi connectivity index (χ3v) is 3.34. The van der Waals surface area contributed by atoms with Gasteiger partial charge < -0.3 is 10.4 Å². The maximum atomic E-state index is 11.8. The number of carbonyl (C=O) groups excluding carboxylic acids is 1. The summed E-state index contributed by atoms with van der Waals surface area (Å²) in [4.78, 5) is 18.0. The Labute approximate surface area is 121 Å². The minimum absolute atomic E-state index is 0.00166. The zero-order valence-electron chi connectivity index (χ0n) is 12.5. The van der Waals surface area contributed by atoms with Crippen molar-refractivity contribution in [1.29, 1.82) is 0 Å². The Morgan fingerprint density at radius 3 is 2.75 bits per heavy atom. The van der Waals surface area contributed by atoms with Crippen LogP contribution in [0.15, 0.2) is 24.4 Å². The topological polar surface area (TPSA) is 65.5 Å². The van der Waals surface area contributed by atoms with Gasteiger partial charge in [-0.05, 0) is 39.4 Å². The van der Waals surface area contributed by atoms with Crippen molar-refractivity contribution in [2.45, 2.75) is 26.3 Å². The molecule has 0 saturated heterocycles. The minimum atomic E-state index is -0.0133. The monoisotopic (exact) mass is 279 g/mol. The average molecular weight is 279 g/mol. The van der Waals surface area contributed by atoms with Gasteiger partial charge in [0, 0.05) is 37.0 Å². The number of hydrogen-bond acceptors (Lipinski definition) is 4. The first-order valence-electron chi connectivity index (χ1n) is 7.00. The molecule has 20 heavy (non-hydrogen) atoms. The minimum Gasteiger partial charge on any atom is -0.396 e. The van der Waals surface area contributed by atoms with Gasteiger partial charge >= 0.3 is 0 Å². The molecule has 112 valence electrons. The van der Waals surface area contributed by atoms with Crippen molar-refractivity contribution in [3.8, 4) is 0 Å². The van der Waals surface area contributed by atoms with E-state index in [9.17, 15) is 9.90 Å². The Morgan fingerprint density at radius 2 is 2.20 bits per heavy atom. The third-order valence-electron chi connectivity index (χ3n) is 3.34. The number of rotatable bonds is 8. The number of amides is 1. The van der Waals surface area contributed by atoms with Gasteiger partial charge in [0.1, 0.15) is 0 Å². The summed E-state index contributed by atoms with van der Waals surface area (Å²) in [7, 11) is 1.92. The van der Waals surface area contributed by atoms with E-state index in [1.807, 2.05) is 44.0 Å². The molecule has 0 radical (unpaired) electrons. The molecule has 0 aromatic carbocycles. The summed E-state index contributed by atoms with van der Waals surface area (Å²) in [5.41, 5.74) is 0.931. The fourth-order valence-electron chi connectivity index (χ4n) is 1.74. The van der Waals surface area contributed by atoms with E-state index >= 15 is 0 Å². The van der Waals surface area contributed by atoms with Crippen molar-refractivity contribution in [1.82, 2.24) is 15.2 Å². The summed E-state index contributed by atoms with van der Waals surface area (Å²) in [6, 6.07) is 6.05. The molecule has 0 fully saturated rings. The van der Waals surface area contributed by atoms with E-state index in [2.05, 4.69) is 10.3 Å². The van der Waals surface area contributed by atoms with Crippen LogP contribution in [-0.2, 0) is 11.2 Å². The van der Waals surface area contributed by atoms with Crippen molar-refractivity contribution in [2.24, 2.45) is 5.92 Å². The van der Waals surface area contributed by atoms with Crippen LogP contribution in [0.4, 0.5) is 0 Å². The number of aliphatic hydroxyl groups is 1. The molecular weight excluding hydrogens is 254 g/mol. The normalized spacial score (nSPS) is 12.7. The second kappa shape index (κ2) is 8.66. The highest BCUT2D eigenvalue weighted by molar-refractivity contribution is 5.78. The van der Waals surface area contributed by atoms with E-state index in [0.29, 0.717) is 25.6 Å². The lowest BCUT2D eigenvalue weighted by atomic mass is 10.0. The van der Waals surface area contributed by atoms with Crippen molar-refractivity contribution in [2.75, 3.05) is 26.7 Å². The summed E-state index contributed by atoms with van der Waals surface area (Å²) < 4.78 is 0. The van der Waals surface area contributed by atoms with Crippen molar-refractivity contribution < 1.29 is 9.90 Å². The van der Waals surface area contributed by atoms with E-state index in [4.69, 9.17) is 0 Å². The fraction of sp³-hybridized carbons (Fsp3) is 0.600. The van der Waals surface area contributed by atoms with Gasteiger partial charge in [0.15, 0.2) is 0 Å². The maximum absolute atomic E-state index is 11.8. The number of aliphatic hydroxyl groups excluding tert-OH is 1. The Kier molecular flexibility index (Phi) is 7.18. The van der Waals surface area contributed by atoms with Gasteiger partial charge in [0.05, 0.1) is 6.54 Å². The third kappa shape index (κ3) is 6.12. The maximum Gasteiger partial charge on any atom is 0.234 e. The second-order valence-corrected chi connectivity index (χ2v) is 5.39. The molecule has 0 bridgehead atoms. The molecule has 5 nitrogen and oxygen atoms in total. The van der Waals surface area contributed by atoms with Crippen LogP contribution in [0.1, 0.15) is 19.5 Å². The first-order valence-corrected chi connectivity index (χ1v) is 7.00. The van der Waals surface area contributed by atoms with Crippen molar-refractivity contribution in [3.05, 3.63) is 30.1 Å². The lowest BCUT2D eigenvalue weighted by molar-refractivity contribution is -0.122. The lowest BCUT2D eigenvalue weighted by Gasteiger charge is -2.21. The summed E-state index contributed by atoms with van der Waals surface area (Å²) in [5, 5.41) is 12.3. The van der Waals surface area contributed by atoms with Gasteiger partial charge in [-0.15, -0.1) is 0 Å². The molecular formula is C15H25N3O2. The largest absolute Gasteiger partial charge is 0.396 e. The van der Waals surface area contributed by atoms with E-state index in [1.165, 1.54) is 0 Å². The summed E-state index contributed by atoms with van der Waals surface area (Å²) in [6.45, 7) is 4.98. The lowest BCUT2D eigenvalue weighted by Crippen LogP contribution is -2.40. The highest BCUT2D eigenvalue weighted by atomic mass is 16.3. The van der Waals surface area contributed by atoms with Crippen LogP contribution >= 0.6 is 0 Å². The summed E-state index contributed by atoms with van der Waals surface area (Å²) in [6.07, 6.45) is 2.40. The molecule has 1 amide bonds. The summed E-state index contributed by atoms with van der Waals surface area (Å²) in [5.74, 6) is -0.0149. The number of nitrogens with one attached hydrogen (secondary N) is 1. The Morgan fingerprint density at radius 1 is 1.45 bits per heavy atom. The van der Waals surface area contributed by atoms with E-state index in [-0.39, 0.29) is 18.4 Å². The average Bonchev–Trinajstić information content (AvgIpc) is 2.44. The zero-order valence-corrected chi connectivity index (χ0v) is 12.5. The van der Waals surface area contributed by atoms with Gasteiger partial charge in [-0.1, -0.05) is 6.07 Å². The molecule has 0 aliphatic rings. The van der Waals surface area contributed by atoms with Crippen LogP contribution in [-0.4, -0.2) is 53.7 Å². The quantitative estimate of drug-likeness (QED) is 0.735. The van der Waals surface area contributed by atoms with Crippen molar-refractivity contribution in [3.63, 3.8) is 0 Å². The van der Waals surface area contributed by atoms with E-state index < -0.39 is 0 Å². The van der Waals surface area contributed by atoms with Crippen molar-refractivity contribution >= 4 is 5.91 Å². The van der Waals surface area contributed by atoms with Gasteiger partial charge in [-0.3, -0.25) is 14.7 Å². The van der Waals surface area contributed by atoms with Crippen LogP contribution < -0.4 is 5.32 Å². The smallest absolute Gasteiger partial charge is 0.234 e. The molecule has 0 spiro atoms. The zero-order chi connectivity index (χ0) is 15.0. The molecule has 1 aromatic rings. The molecule has 0 aliphatic carbocycles. The predicted molar refractivity (Wildman–Crippen MR) is 79.3 cm³/mol. The molecule has 1 heterocycles. The number of nitrogens with zero attached hydrogens (tertiary/aromatic N) is 2. The highest BCUT2D eigenvalue weighted by Gasteiger charge is 2.13. The number of aromatic nitrogens is 1. The van der Waals surface area contributed by atoms with Gasteiger partial charge in [0.2, 0.25) is 5.91 Å². The van der Waals surface area contributed by atoms with Crippen LogP contribution in [0.5, 0.6) is 0 Å². The highest BCUT2D eigenvalue weighted by Crippen LogP contribution is 2.04. The van der Waals surface area contributed by atoms with Crippen LogP contribution in [0.25, 0.3) is 0 Å². The van der Waals surface area contributed by atoms with Crippen LogP contribution in [0.3, 0.4) is 0 Å². The van der Waals surface area contributed by atoms with E-state index in [0.717, 1.165) is 5.69 Å². The predicted octanol–water partition coefficient (Wildman–Crippen LogP) is 0.689. The van der Waals surface area contributed by atoms with Crippen LogP contribution in [0, 0.1) is 5.92 Å².